The van der Waals surface area contributed by atoms with Gasteiger partial charge in [-0.05, 0) is 37.8 Å². The Labute approximate surface area is 143 Å². The van der Waals surface area contributed by atoms with Gasteiger partial charge in [0.1, 0.15) is 5.52 Å². The quantitative estimate of drug-likeness (QED) is 0.751. The number of para-hydroxylation sites is 1. The van der Waals surface area contributed by atoms with Gasteiger partial charge in [-0.15, -0.1) is 5.10 Å². The van der Waals surface area contributed by atoms with Gasteiger partial charge in [0.2, 0.25) is 5.95 Å². The molecule has 8 heteroatoms. The predicted molar refractivity (Wildman–Crippen MR) is 91.5 cm³/mol. The molecule has 0 atom stereocenters. The second kappa shape index (κ2) is 6.46. The Morgan fingerprint density at radius 1 is 1.16 bits per heavy atom. The number of carboxylic acid groups (broad SMARTS) is 1. The number of hydrogen-bond acceptors (Lipinski definition) is 6. The Hall–Kier alpha value is -3.03. The first-order valence-electron chi connectivity index (χ1n) is 8.34. The van der Waals surface area contributed by atoms with E-state index < -0.39 is 5.97 Å². The molecule has 25 heavy (non-hydrogen) atoms. The monoisotopic (exact) mass is 338 g/mol. The molecular weight excluding hydrogens is 320 g/mol. The first-order chi connectivity index (χ1) is 12.2. The van der Waals surface area contributed by atoms with Crippen molar-refractivity contribution in [2.24, 2.45) is 5.92 Å². The molecule has 0 aliphatic heterocycles. The number of fused-ring (bicyclic) bond motifs is 1. The largest absolute Gasteiger partial charge is 0.481 e. The molecule has 1 aromatic carbocycles. The van der Waals surface area contributed by atoms with Gasteiger partial charge in [-0.25, -0.2) is 4.98 Å². The van der Waals surface area contributed by atoms with E-state index in [0.717, 1.165) is 23.9 Å². The standard InChI is InChI=1S/C17H18N6O2/c24-16(25)11-5-7-12(8-6-11)19-17-18-10-9-15(20-17)23-14-4-2-1-3-13(14)21-22-23/h1-4,9-12H,5-8H2,(H,24,25)(H,18,19,20)/t11-,12-. The van der Waals surface area contributed by atoms with Crippen LogP contribution in [0.15, 0.2) is 36.5 Å². The maximum Gasteiger partial charge on any atom is 0.306 e. The number of aliphatic carboxylic acids is 1. The maximum atomic E-state index is 11.0. The molecule has 2 N–H and O–H groups in total. The third-order valence-electron chi connectivity index (χ3n) is 4.62. The minimum absolute atomic E-state index is 0.193. The fourth-order valence-corrected chi connectivity index (χ4v) is 3.24. The smallest absolute Gasteiger partial charge is 0.306 e. The number of benzene rings is 1. The van der Waals surface area contributed by atoms with E-state index in [1.54, 1.807) is 16.9 Å². The van der Waals surface area contributed by atoms with Crippen LogP contribution in [0.1, 0.15) is 25.7 Å². The van der Waals surface area contributed by atoms with Gasteiger partial charge in [-0.1, -0.05) is 17.3 Å². The molecule has 0 spiro atoms. The molecule has 2 aromatic heterocycles. The molecule has 0 unspecified atom stereocenters. The fourth-order valence-electron chi connectivity index (χ4n) is 3.24. The van der Waals surface area contributed by atoms with Crippen molar-refractivity contribution in [2.45, 2.75) is 31.7 Å². The van der Waals surface area contributed by atoms with E-state index in [9.17, 15) is 4.79 Å². The van der Waals surface area contributed by atoms with Gasteiger partial charge < -0.3 is 10.4 Å². The number of hydrogen-bond donors (Lipinski definition) is 2. The molecule has 1 aliphatic carbocycles. The van der Waals surface area contributed by atoms with E-state index in [1.807, 2.05) is 24.3 Å². The van der Waals surface area contributed by atoms with Gasteiger partial charge in [-0.3, -0.25) is 4.79 Å². The van der Waals surface area contributed by atoms with E-state index in [1.165, 1.54) is 0 Å². The van der Waals surface area contributed by atoms with Gasteiger partial charge in [0.25, 0.3) is 0 Å². The molecule has 3 aromatic rings. The van der Waals surface area contributed by atoms with Crippen molar-refractivity contribution >= 4 is 23.0 Å². The molecule has 4 rings (SSSR count). The summed E-state index contributed by atoms with van der Waals surface area (Å²) in [4.78, 5) is 19.9. The summed E-state index contributed by atoms with van der Waals surface area (Å²) < 4.78 is 1.68. The summed E-state index contributed by atoms with van der Waals surface area (Å²) in [5.41, 5.74) is 1.69. The summed E-state index contributed by atoms with van der Waals surface area (Å²) >= 11 is 0. The minimum Gasteiger partial charge on any atom is -0.481 e. The van der Waals surface area contributed by atoms with E-state index in [2.05, 4.69) is 25.6 Å². The molecule has 0 saturated heterocycles. The highest BCUT2D eigenvalue weighted by atomic mass is 16.4. The van der Waals surface area contributed by atoms with Crippen LogP contribution in [0.5, 0.6) is 0 Å². The molecule has 0 amide bonds. The zero-order valence-corrected chi connectivity index (χ0v) is 13.5. The number of rotatable bonds is 4. The summed E-state index contributed by atoms with van der Waals surface area (Å²) in [7, 11) is 0. The zero-order valence-electron chi connectivity index (χ0n) is 13.5. The summed E-state index contributed by atoms with van der Waals surface area (Å²) in [6.07, 6.45) is 4.65. The van der Waals surface area contributed by atoms with E-state index in [0.29, 0.717) is 24.6 Å². The van der Waals surface area contributed by atoms with Crippen molar-refractivity contribution in [1.82, 2.24) is 25.0 Å². The fraction of sp³-hybridized carbons (Fsp3) is 0.353. The van der Waals surface area contributed by atoms with Crippen LogP contribution in [0.4, 0.5) is 5.95 Å². The summed E-state index contributed by atoms with van der Waals surface area (Å²) in [5.74, 6) is 0.239. The third kappa shape index (κ3) is 3.15. The van der Waals surface area contributed by atoms with Crippen molar-refractivity contribution in [3.8, 4) is 5.82 Å². The summed E-state index contributed by atoms with van der Waals surface area (Å²) in [5, 5.41) is 20.7. The lowest BCUT2D eigenvalue weighted by Gasteiger charge is -2.26. The number of nitrogens with zero attached hydrogens (tertiary/aromatic N) is 5. The lowest BCUT2D eigenvalue weighted by Crippen LogP contribution is -2.30. The van der Waals surface area contributed by atoms with Crippen LogP contribution in [0, 0.1) is 5.92 Å². The number of carboxylic acids is 1. The highest BCUT2D eigenvalue weighted by molar-refractivity contribution is 5.75. The van der Waals surface area contributed by atoms with E-state index in [4.69, 9.17) is 5.11 Å². The molecule has 1 fully saturated rings. The lowest BCUT2D eigenvalue weighted by atomic mass is 9.86. The summed E-state index contributed by atoms with van der Waals surface area (Å²) in [6.45, 7) is 0. The zero-order chi connectivity index (χ0) is 17.2. The van der Waals surface area contributed by atoms with Crippen LogP contribution >= 0.6 is 0 Å². The Kier molecular flexibility index (Phi) is 4.01. The average molecular weight is 338 g/mol. The van der Waals surface area contributed by atoms with Crippen LogP contribution in [0.3, 0.4) is 0 Å². The molecule has 1 aliphatic rings. The van der Waals surface area contributed by atoms with Crippen LogP contribution < -0.4 is 5.32 Å². The maximum absolute atomic E-state index is 11.0. The number of carbonyl (C=O) groups is 1. The van der Waals surface area contributed by atoms with Crippen LogP contribution in [0.25, 0.3) is 16.9 Å². The number of nitrogens with one attached hydrogen (secondary N) is 1. The summed E-state index contributed by atoms with van der Waals surface area (Å²) in [6, 6.07) is 9.68. The first kappa shape index (κ1) is 15.5. The highest BCUT2D eigenvalue weighted by Crippen LogP contribution is 2.26. The van der Waals surface area contributed by atoms with Gasteiger partial charge in [0, 0.05) is 18.3 Å². The van der Waals surface area contributed by atoms with Crippen molar-refractivity contribution < 1.29 is 9.90 Å². The van der Waals surface area contributed by atoms with E-state index in [-0.39, 0.29) is 12.0 Å². The van der Waals surface area contributed by atoms with Crippen molar-refractivity contribution in [3.05, 3.63) is 36.5 Å². The molecule has 0 bridgehead atoms. The predicted octanol–water partition coefficient (Wildman–Crippen LogP) is 2.27. The molecule has 8 nitrogen and oxygen atoms in total. The van der Waals surface area contributed by atoms with Crippen molar-refractivity contribution in [2.75, 3.05) is 5.32 Å². The average Bonchev–Trinajstić information content (AvgIpc) is 3.06. The molecule has 2 heterocycles. The minimum atomic E-state index is -0.699. The SMILES string of the molecule is O=C(O)[C@H]1CC[C@H](Nc2nccc(-n3nnc4ccccc43)n2)CC1. The Morgan fingerprint density at radius 2 is 1.96 bits per heavy atom. The Balaban J connectivity index is 1.51. The molecular formula is C17H18N6O2. The van der Waals surface area contributed by atoms with Gasteiger partial charge >= 0.3 is 5.97 Å². The van der Waals surface area contributed by atoms with Gasteiger partial charge in [-0.2, -0.15) is 9.67 Å². The Bertz CT molecular complexity index is 901. The molecule has 1 saturated carbocycles. The van der Waals surface area contributed by atoms with Crippen LogP contribution in [-0.2, 0) is 4.79 Å². The van der Waals surface area contributed by atoms with Crippen molar-refractivity contribution in [3.63, 3.8) is 0 Å². The topological polar surface area (TPSA) is 106 Å². The van der Waals surface area contributed by atoms with Crippen LogP contribution in [-0.4, -0.2) is 42.1 Å². The highest BCUT2D eigenvalue weighted by Gasteiger charge is 2.26. The molecule has 128 valence electrons. The Morgan fingerprint density at radius 3 is 2.76 bits per heavy atom. The van der Waals surface area contributed by atoms with Crippen LogP contribution in [0.2, 0.25) is 0 Å². The lowest BCUT2D eigenvalue weighted by molar-refractivity contribution is -0.142. The third-order valence-corrected chi connectivity index (χ3v) is 4.62. The second-order valence-electron chi connectivity index (χ2n) is 6.26. The molecule has 0 radical (unpaired) electrons. The van der Waals surface area contributed by atoms with Gasteiger partial charge in [0.15, 0.2) is 5.82 Å². The first-order valence-corrected chi connectivity index (χ1v) is 8.34. The number of aromatic nitrogens is 5. The van der Waals surface area contributed by atoms with Gasteiger partial charge in [0.05, 0.1) is 11.4 Å². The normalized spacial score (nSPS) is 20.5. The van der Waals surface area contributed by atoms with E-state index >= 15 is 0 Å². The second-order valence-corrected chi connectivity index (χ2v) is 6.26. The number of anilines is 1. The van der Waals surface area contributed by atoms with Crippen molar-refractivity contribution in [1.29, 1.82) is 0 Å².